The molecule has 0 spiro atoms. The molecule has 0 amide bonds. The summed E-state index contributed by atoms with van der Waals surface area (Å²) in [6.45, 7) is 0. The smallest absolute Gasteiger partial charge is 0.326 e. The molecular weight excluding hydrogens is 364 g/mol. The molecule has 0 saturated carbocycles. The lowest BCUT2D eigenvalue weighted by atomic mass is 9.81. The first kappa shape index (κ1) is 17.2. The number of phenolic OH excluding ortho intramolecular Hbond substituents is 2. The van der Waals surface area contributed by atoms with Gasteiger partial charge >= 0.3 is 5.69 Å². The number of nitrogens with one attached hydrogen (secondary N) is 1. The fraction of sp³-hybridized carbons (Fsp3) is 0. The fourth-order valence-electron chi connectivity index (χ4n) is 3.27. The zero-order valence-corrected chi connectivity index (χ0v) is 14.2. The van der Waals surface area contributed by atoms with E-state index in [-0.39, 0.29) is 22.4 Å². The van der Waals surface area contributed by atoms with Gasteiger partial charge < -0.3 is 15.5 Å². The minimum atomic E-state index is -1.08. The Bertz CT molecular complexity index is 1170. The summed E-state index contributed by atoms with van der Waals surface area (Å²) < 4.78 is 0. The van der Waals surface area contributed by atoms with Gasteiger partial charge in [0.15, 0.2) is 11.5 Å². The number of rotatable bonds is 3. The van der Waals surface area contributed by atoms with E-state index in [4.69, 9.17) is 0 Å². The molecule has 0 saturated heterocycles. The third kappa shape index (κ3) is 2.39. The average molecular weight is 376 g/mol. The number of nitrogens with zero attached hydrogens (tertiary/aromatic N) is 1. The first-order valence-corrected chi connectivity index (χ1v) is 8.18. The standard InChI is InChI=1S/C20H12N2O6/c23-17-11-8-4-5-9-12(11)18(24)14-13(17)15(21-10-6-2-1-3-7-10)19(25)20(26)16(14)22(27)28/h1-9,21,25-26H. The second-order valence-corrected chi connectivity index (χ2v) is 6.12. The van der Waals surface area contributed by atoms with E-state index in [1.165, 1.54) is 18.2 Å². The molecule has 3 aromatic rings. The molecule has 0 aliphatic heterocycles. The lowest BCUT2D eigenvalue weighted by molar-refractivity contribution is -0.386. The number of carbonyl (C=O) groups is 2. The zero-order valence-electron chi connectivity index (χ0n) is 14.2. The van der Waals surface area contributed by atoms with Crippen molar-refractivity contribution in [1.82, 2.24) is 0 Å². The predicted octanol–water partition coefficient (Wildman–Crippen LogP) is 3.53. The maximum atomic E-state index is 13.1. The van der Waals surface area contributed by atoms with Crippen LogP contribution in [0.4, 0.5) is 17.1 Å². The van der Waals surface area contributed by atoms with Crippen LogP contribution in [0.5, 0.6) is 11.5 Å². The van der Waals surface area contributed by atoms with Crippen molar-refractivity contribution in [2.24, 2.45) is 0 Å². The summed E-state index contributed by atoms with van der Waals surface area (Å²) in [5, 5.41) is 35.0. The Kier molecular flexibility index (Phi) is 3.82. The number of phenols is 2. The van der Waals surface area contributed by atoms with Crippen molar-refractivity contribution in [2.45, 2.75) is 0 Å². The Morgan fingerprint density at radius 3 is 1.89 bits per heavy atom. The highest BCUT2D eigenvalue weighted by atomic mass is 16.6. The highest BCUT2D eigenvalue weighted by Gasteiger charge is 2.42. The lowest BCUT2D eigenvalue weighted by Crippen LogP contribution is -2.23. The molecule has 0 atom stereocenters. The van der Waals surface area contributed by atoms with Crippen LogP contribution in [0.1, 0.15) is 31.8 Å². The molecule has 0 radical (unpaired) electrons. The number of nitro benzene ring substituents is 1. The number of anilines is 2. The van der Waals surface area contributed by atoms with Gasteiger partial charge in [-0.05, 0) is 12.1 Å². The maximum absolute atomic E-state index is 13.1. The number of hydrogen-bond acceptors (Lipinski definition) is 7. The van der Waals surface area contributed by atoms with Crippen LogP contribution >= 0.6 is 0 Å². The highest BCUT2D eigenvalue weighted by Crippen LogP contribution is 2.50. The van der Waals surface area contributed by atoms with E-state index in [2.05, 4.69) is 5.32 Å². The predicted molar refractivity (Wildman–Crippen MR) is 99.5 cm³/mol. The van der Waals surface area contributed by atoms with Gasteiger partial charge in [-0.25, -0.2) is 0 Å². The van der Waals surface area contributed by atoms with Crippen molar-refractivity contribution < 1.29 is 24.7 Å². The largest absolute Gasteiger partial charge is 0.503 e. The van der Waals surface area contributed by atoms with Crippen molar-refractivity contribution in [3.05, 3.63) is 87.0 Å². The molecule has 4 rings (SSSR count). The van der Waals surface area contributed by atoms with E-state index in [1.807, 2.05) is 0 Å². The van der Waals surface area contributed by atoms with Gasteiger partial charge in [-0.3, -0.25) is 19.7 Å². The van der Waals surface area contributed by atoms with Gasteiger partial charge in [-0.2, -0.15) is 0 Å². The number of ketones is 2. The fourth-order valence-corrected chi connectivity index (χ4v) is 3.27. The van der Waals surface area contributed by atoms with E-state index in [1.54, 1.807) is 36.4 Å². The summed E-state index contributed by atoms with van der Waals surface area (Å²) in [6.07, 6.45) is 0. The second kappa shape index (κ2) is 6.20. The lowest BCUT2D eigenvalue weighted by Gasteiger charge is -2.22. The number of aromatic hydroxyl groups is 2. The molecule has 1 aliphatic rings. The van der Waals surface area contributed by atoms with Crippen LogP contribution < -0.4 is 5.32 Å². The van der Waals surface area contributed by atoms with Crippen LogP contribution in [-0.2, 0) is 0 Å². The van der Waals surface area contributed by atoms with Gasteiger partial charge in [0, 0.05) is 16.8 Å². The van der Waals surface area contributed by atoms with Crippen LogP contribution in [0, 0.1) is 10.1 Å². The topological polar surface area (TPSA) is 130 Å². The molecule has 0 fully saturated rings. The number of benzene rings is 3. The highest BCUT2D eigenvalue weighted by molar-refractivity contribution is 6.32. The Balaban J connectivity index is 2.07. The molecule has 0 heterocycles. The van der Waals surface area contributed by atoms with Crippen LogP contribution in [0.25, 0.3) is 0 Å². The van der Waals surface area contributed by atoms with Crippen molar-refractivity contribution in [2.75, 3.05) is 5.32 Å². The SMILES string of the molecule is O=C1c2ccccc2C(=O)c2c1c(Nc1ccccc1)c(O)c(O)c2[N+](=O)[O-]. The monoisotopic (exact) mass is 376 g/mol. The summed E-state index contributed by atoms with van der Waals surface area (Å²) in [4.78, 5) is 36.6. The van der Waals surface area contributed by atoms with Crippen molar-refractivity contribution in [1.29, 1.82) is 0 Å². The average Bonchev–Trinajstić information content (AvgIpc) is 2.70. The molecule has 8 heteroatoms. The quantitative estimate of drug-likeness (QED) is 0.283. The Morgan fingerprint density at radius 1 is 0.786 bits per heavy atom. The van der Waals surface area contributed by atoms with Gasteiger partial charge in [0.2, 0.25) is 11.5 Å². The summed E-state index contributed by atoms with van der Waals surface area (Å²) >= 11 is 0. The van der Waals surface area contributed by atoms with Crippen molar-refractivity contribution in [3.63, 3.8) is 0 Å². The number of fused-ring (bicyclic) bond motifs is 2. The molecule has 8 nitrogen and oxygen atoms in total. The third-order valence-electron chi connectivity index (χ3n) is 4.52. The summed E-state index contributed by atoms with van der Waals surface area (Å²) in [5.74, 6) is -3.40. The van der Waals surface area contributed by atoms with E-state index in [0.717, 1.165) is 0 Å². The number of carbonyl (C=O) groups excluding carboxylic acids is 2. The summed E-state index contributed by atoms with van der Waals surface area (Å²) in [5.41, 5.74) is -1.66. The van der Waals surface area contributed by atoms with E-state index in [9.17, 15) is 29.9 Å². The molecule has 0 aromatic heterocycles. The Morgan fingerprint density at radius 2 is 1.32 bits per heavy atom. The van der Waals surface area contributed by atoms with Gasteiger partial charge in [0.05, 0.1) is 16.2 Å². The number of hydrogen-bond donors (Lipinski definition) is 3. The Labute approximate surface area is 157 Å². The van der Waals surface area contributed by atoms with Crippen LogP contribution in [0.15, 0.2) is 54.6 Å². The molecule has 1 aliphatic carbocycles. The zero-order chi connectivity index (χ0) is 20.0. The molecule has 3 aromatic carbocycles. The van der Waals surface area contributed by atoms with E-state index < -0.39 is 39.2 Å². The number of nitro groups is 1. The van der Waals surface area contributed by atoms with Gasteiger partial charge in [-0.1, -0.05) is 42.5 Å². The summed E-state index contributed by atoms with van der Waals surface area (Å²) in [6, 6.07) is 14.3. The summed E-state index contributed by atoms with van der Waals surface area (Å²) in [7, 11) is 0. The van der Waals surface area contributed by atoms with E-state index >= 15 is 0 Å². The minimum Gasteiger partial charge on any atom is -0.503 e. The number of para-hydroxylation sites is 1. The van der Waals surface area contributed by atoms with Crippen LogP contribution in [-0.4, -0.2) is 26.7 Å². The maximum Gasteiger partial charge on any atom is 0.326 e. The van der Waals surface area contributed by atoms with Gasteiger partial charge in [0.1, 0.15) is 5.56 Å². The minimum absolute atomic E-state index is 0.00106. The van der Waals surface area contributed by atoms with Crippen molar-refractivity contribution >= 4 is 28.6 Å². The molecule has 0 unspecified atom stereocenters. The molecule has 3 N–H and O–H groups in total. The van der Waals surface area contributed by atoms with Crippen molar-refractivity contribution in [3.8, 4) is 11.5 Å². The van der Waals surface area contributed by atoms with Crippen LogP contribution in [0.2, 0.25) is 0 Å². The van der Waals surface area contributed by atoms with E-state index in [0.29, 0.717) is 5.69 Å². The molecule has 138 valence electrons. The molecule has 0 bridgehead atoms. The molecule has 28 heavy (non-hydrogen) atoms. The molecular formula is C20H12N2O6. The van der Waals surface area contributed by atoms with Gasteiger partial charge in [-0.15, -0.1) is 0 Å². The first-order valence-electron chi connectivity index (χ1n) is 8.18. The third-order valence-corrected chi connectivity index (χ3v) is 4.52. The van der Waals surface area contributed by atoms with Crippen LogP contribution in [0.3, 0.4) is 0 Å². The van der Waals surface area contributed by atoms with Gasteiger partial charge in [0.25, 0.3) is 0 Å². The Hall–Kier alpha value is -4.20. The first-order chi connectivity index (χ1) is 13.4. The second-order valence-electron chi connectivity index (χ2n) is 6.12. The normalized spacial score (nSPS) is 12.3.